The number of aliphatic hydroxyl groups excluding tert-OH is 2. The van der Waals surface area contributed by atoms with Crippen molar-refractivity contribution in [3.05, 3.63) is 0 Å². The van der Waals surface area contributed by atoms with Crippen LogP contribution in [-0.4, -0.2) is 123 Å². The Labute approximate surface area is 640 Å². The first-order valence-corrected chi connectivity index (χ1v) is 45.8. The molecule has 612 valence electrons. The van der Waals surface area contributed by atoms with Crippen molar-refractivity contribution in [2.24, 2.45) is 29.6 Å². The van der Waals surface area contributed by atoms with Crippen LogP contribution in [0.2, 0.25) is 0 Å². The molecule has 0 aromatic carbocycles. The highest BCUT2D eigenvalue weighted by molar-refractivity contribution is 5.70. The summed E-state index contributed by atoms with van der Waals surface area (Å²) in [4.78, 5) is 56.9. The molecule has 103 heavy (non-hydrogen) atoms. The highest BCUT2D eigenvalue weighted by Gasteiger charge is 2.19. The van der Waals surface area contributed by atoms with E-state index >= 15 is 0 Å². The number of carbonyl (C=O) groups excluding carboxylic acids is 4. The fraction of sp³-hybridized carbons (Fsp3) is 0.956. The van der Waals surface area contributed by atoms with E-state index in [-0.39, 0.29) is 37.1 Å². The summed E-state index contributed by atoms with van der Waals surface area (Å²) in [5, 5.41) is 19.1. The summed E-state index contributed by atoms with van der Waals surface area (Å²) in [5.74, 6) is 2.42. The zero-order valence-electron chi connectivity index (χ0n) is 70.0. The number of esters is 4. The quantitative estimate of drug-likeness (QED) is 0.0339. The maximum Gasteiger partial charge on any atom is 0.305 e. The van der Waals surface area contributed by atoms with Crippen LogP contribution in [0.25, 0.3) is 0 Å². The Hall–Kier alpha value is -2.28. The van der Waals surface area contributed by atoms with Crippen molar-refractivity contribution >= 4 is 23.9 Å². The molecule has 12 nitrogen and oxygen atoms in total. The highest BCUT2D eigenvalue weighted by atomic mass is 16.5. The number of nitrogens with zero attached hydrogens (tertiary/aromatic N) is 2. The second kappa shape index (κ2) is 80.7. The first-order valence-electron chi connectivity index (χ1n) is 45.8. The summed E-state index contributed by atoms with van der Waals surface area (Å²) in [6.45, 7) is 24.2. The van der Waals surface area contributed by atoms with Gasteiger partial charge in [-0.2, -0.15) is 0 Å². The zero-order valence-corrected chi connectivity index (χ0v) is 70.0. The molecule has 0 aliphatic rings. The van der Waals surface area contributed by atoms with Crippen molar-refractivity contribution in [1.29, 1.82) is 0 Å². The summed E-state index contributed by atoms with van der Waals surface area (Å²) in [7, 11) is 0. The van der Waals surface area contributed by atoms with Crippen molar-refractivity contribution in [1.82, 2.24) is 9.80 Å². The van der Waals surface area contributed by atoms with Crippen LogP contribution in [0.5, 0.6) is 0 Å². The maximum atomic E-state index is 13.2. The van der Waals surface area contributed by atoms with E-state index in [1.54, 1.807) is 0 Å². The molecule has 0 aliphatic carbocycles. The van der Waals surface area contributed by atoms with Gasteiger partial charge >= 0.3 is 23.9 Å². The third-order valence-corrected chi connectivity index (χ3v) is 22.4. The fourth-order valence-corrected chi connectivity index (χ4v) is 15.2. The first-order chi connectivity index (χ1) is 50.5. The minimum atomic E-state index is -0.0552. The van der Waals surface area contributed by atoms with Crippen LogP contribution in [0.4, 0.5) is 0 Å². The summed E-state index contributed by atoms with van der Waals surface area (Å²) < 4.78 is 23.8. The number of rotatable bonds is 85. The Balaban J connectivity index is 4.95. The lowest BCUT2D eigenvalue weighted by Crippen LogP contribution is -2.28. The fourth-order valence-electron chi connectivity index (χ4n) is 15.2. The van der Waals surface area contributed by atoms with Gasteiger partial charge in [0.1, 0.15) is 0 Å². The third kappa shape index (κ3) is 71.1. The predicted molar refractivity (Wildman–Crippen MR) is 439 cm³/mol. The Morgan fingerprint density at radius 1 is 0.223 bits per heavy atom. The van der Waals surface area contributed by atoms with E-state index in [0.29, 0.717) is 75.8 Å². The van der Waals surface area contributed by atoms with Gasteiger partial charge in [-0.15, -0.1) is 0 Å². The minimum absolute atomic E-state index is 0.0345. The average Bonchev–Trinajstić information content (AvgIpc) is 2.36. The van der Waals surface area contributed by atoms with Gasteiger partial charge in [-0.25, -0.2) is 0 Å². The van der Waals surface area contributed by atoms with E-state index in [1.807, 2.05) is 0 Å². The van der Waals surface area contributed by atoms with Gasteiger partial charge in [0.2, 0.25) is 0 Å². The molecule has 12 heteroatoms. The topological polar surface area (TPSA) is 152 Å². The molecule has 0 rings (SSSR count). The molecule has 0 radical (unpaired) electrons. The van der Waals surface area contributed by atoms with E-state index in [2.05, 4.69) is 58.3 Å². The van der Waals surface area contributed by atoms with E-state index in [1.165, 1.54) is 270 Å². The molecule has 0 fully saturated rings. The number of unbranched alkanes of at least 4 members (excludes halogenated alkanes) is 34. The lowest BCUT2D eigenvalue weighted by atomic mass is 9.89. The number of carbonyl (C=O) groups is 4. The van der Waals surface area contributed by atoms with Crippen molar-refractivity contribution in [2.75, 3.05) is 78.9 Å². The van der Waals surface area contributed by atoms with Gasteiger partial charge in [-0.1, -0.05) is 305 Å². The summed E-state index contributed by atoms with van der Waals surface area (Å²) >= 11 is 0. The standard InChI is InChI=1S/C91H178N2O10/c1-8-15-21-27-31-42-61-85(59-38-26-20-13-6)79-100-88(96)67-45-35-49-71-93(76-56-78-95)72-50-36-46-68-89(97)103-82-87(64-41-30-24-18-11-4)66-55-65-83(14-7)57-39-33-34-44-63-86(62-43-32-28-22-16-9-2)81-102-91(99)70-48-52-74-92(75-53-54-77-94)73-51-47-69-90(98)101-80-84(58-37-25-19-12-5)60-40-29-23-17-10-3/h83-87,94-95H,8-82H2,1-7H3. The lowest BCUT2D eigenvalue weighted by molar-refractivity contribution is -0.146. The zero-order chi connectivity index (χ0) is 75.2. The molecule has 0 aromatic rings. The SMILES string of the molecule is CCCCCCCCC(CCCCCC)COC(=O)CCCCCN(CCCO)CCCCCC(=O)OCC(CCCCCCC)CCCC(CC)CCCCCCC(CCCCCCCC)COC(=O)CCCCN(CCCCO)CCCCC(=O)OCC(CCCCCC)CCCCCCC. The maximum absolute atomic E-state index is 13.2. The smallest absolute Gasteiger partial charge is 0.305 e. The van der Waals surface area contributed by atoms with E-state index < -0.39 is 0 Å². The third-order valence-electron chi connectivity index (χ3n) is 22.4. The number of aliphatic hydroxyl groups is 2. The predicted octanol–water partition coefficient (Wildman–Crippen LogP) is 25.5. The molecule has 0 saturated heterocycles. The number of ether oxygens (including phenoxy) is 4. The Bertz CT molecular complexity index is 1770. The summed E-state index contributed by atoms with van der Waals surface area (Å²) in [6.07, 6.45) is 71.3. The normalized spacial score (nSPS) is 13.2. The molecular weight excluding hydrogens is 1280 g/mol. The summed E-state index contributed by atoms with van der Waals surface area (Å²) in [5.41, 5.74) is 0. The molecule has 0 amide bonds. The Morgan fingerprint density at radius 2 is 0.417 bits per heavy atom. The molecule has 0 spiro atoms. The van der Waals surface area contributed by atoms with E-state index in [0.717, 1.165) is 154 Å². The molecular formula is C91H178N2O10. The molecule has 0 aliphatic heterocycles. The van der Waals surface area contributed by atoms with Gasteiger partial charge < -0.3 is 39.0 Å². The highest BCUT2D eigenvalue weighted by Crippen LogP contribution is 2.28. The molecule has 0 bridgehead atoms. The van der Waals surface area contributed by atoms with Crippen molar-refractivity contribution in [2.45, 2.75) is 453 Å². The van der Waals surface area contributed by atoms with Gasteiger partial charge in [0.25, 0.3) is 0 Å². The molecule has 5 atom stereocenters. The molecule has 5 unspecified atom stereocenters. The number of hydrogen-bond acceptors (Lipinski definition) is 12. The molecule has 0 aromatic heterocycles. The van der Waals surface area contributed by atoms with Crippen molar-refractivity contribution in [3.8, 4) is 0 Å². The van der Waals surface area contributed by atoms with Crippen LogP contribution in [0.1, 0.15) is 453 Å². The first kappa shape index (κ1) is 101. The van der Waals surface area contributed by atoms with E-state index in [9.17, 15) is 29.4 Å². The van der Waals surface area contributed by atoms with Crippen LogP contribution in [0.15, 0.2) is 0 Å². The van der Waals surface area contributed by atoms with Crippen LogP contribution in [0.3, 0.4) is 0 Å². The minimum Gasteiger partial charge on any atom is -0.465 e. The van der Waals surface area contributed by atoms with Crippen LogP contribution >= 0.6 is 0 Å². The van der Waals surface area contributed by atoms with Gasteiger partial charge in [0.15, 0.2) is 0 Å². The Morgan fingerprint density at radius 3 is 0.689 bits per heavy atom. The lowest BCUT2D eigenvalue weighted by Gasteiger charge is -2.22. The van der Waals surface area contributed by atoms with Gasteiger partial charge in [-0.05, 0) is 184 Å². The number of hydrogen-bond donors (Lipinski definition) is 2. The second-order valence-electron chi connectivity index (χ2n) is 32.3. The van der Waals surface area contributed by atoms with Gasteiger partial charge in [0, 0.05) is 45.4 Å². The van der Waals surface area contributed by atoms with Crippen molar-refractivity contribution in [3.63, 3.8) is 0 Å². The van der Waals surface area contributed by atoms with Gasteiger partial charge in [0.05, 0.1) is 26.4 Å². The monoisotopic (exact) mass is 1460 g/mol. The van der Waals surface area contributed by atoms with Gasteiger partial charge in [-0.3, -0.25) is 19.2 Å². The average molecular weight is 1460 g/mol. The van der Waals surface area contributed by atoms with Crippen molar-refractivity contribution < 1.29 is 48.3 Å². The van der Waals surface area contributed by atoms with Crippen LogP contribution in [0, 0.1) is 29.6 Å². The molecule has 2 N–H and O–H groups in total. The Kier molecular flexibility index (Phi) is 78.9. The van der Waals surface area contributed by atoms with Crippen LogP contribution in [-0.2, 0) is 38.1 Å². The van der Waals surface area contributed by atoms with E-state index in [4.69, 9.17) is 18.9 Å². The largest absolute Gasteiger partial charge is 0.465 e. The summed E-state index contributed by atoms with van der Waals surface area (Å²) in [6, 6.07) is 0. The molecule has 0 heterocycles. The molecule has 0 saturated carbocycles. The second-order valence-corrected chi connectivity index (χ2v) is 32.3. The van der Waals surface area contributed by atoms with Crippen LogP contribution < -0.4 is 0 Å².